The molecule has 0 bridgehead atoms. The first-order chi connectivity index (χ1) is 9.99. The van der Waals surface area contributed by atoms with Gasteiger partial charge in [-0.25, -0.2) is 0 Å². The van der Waals surface area contributed by atoms with Crippen molar-refractivity contribution in [2.24, 2.45) is 11.3 Å². The molecule has 2 aliphatic rings. The van der Waals surface area contributed by atoms with Gasteiger partial charge in [0.1, 0.15) is 0 Å². The normalized spacial score (nSPS) is 34.0. The molecule has 2 heteroatoms. The van der Waals surface area contributed by atoms with Gasteiger partial charge in [-0.05, 0) is 69.7 Å². The highest BCUT2D eigenvalue weighted by atomic mass is 16.5. The van der Waals surface area contributed by atoms with Gasteiger partial charge < -0.3 is 10.1 Å². The van der Waals surface area contributed by atoms with E-state index >= 15 is 0 Å². The van der Waals surface area contributed by atoms with Crippen molar-refractivity contribution in [3.05, 3.63) is 0 Å². The molecule has 2 aliphatic carbocycles. The van der Waals surface area contributed by atoms with Crippen LogP contribution in [0, 0.1) is 11.3 Å². The smallest absolute Gasteiger partial charge is 0.0810 e. The van der Waals surface area contributed by atoms with Crippen molar-refractivity contribution >= 4 is 0 Å². The predicted octanol–water partition coefficient (Wildman–Crippen LogP) is 4.92. The highest BCUT2D eigenvalue weighted by molar-refractivity contribution is 4.91. The van der Waals surface area contributed by atoms with Crippen LogP contribution in [-0.4, -0.2) is 25.3 Å². The molecule has 0 spiro atoms. The molecule has 2 nitrogen and oxygen atoms in total. The fraction of sp³-hybridized carbons (Fsp3) is 1.00. The van der Waals surface area contributed by atoms with Crippen LogP contribution in [0.2, 0.25) is 0 Å². The van der Waals surface area contributed by atoms with Crippen molar-refractivity contribution in [3.8, 4) is 0 Å². The molecule has 0 aromatic heterocycles. The molecule has 0 aromatic rings. The molecule has 1 N–H and O–H groups in total. The van der Waals surface area contributed by atoms with Gasteiger partial charge >= 0.3 is 0 Å². The second kappa shape index (κ2) is 7.46. The van der Waals surface area contributed by atoms with E-state index in [1.165, 1.54) is 64.2 Å². The van der Waals surface area contributed by atoms with Crippen LogP contribution in [0.4, 0.5) is 0 Å². The largest absolute Gasteiger partial charge is 0.370 e. The molecule has 0 atom stereocenters. The summed E-state index contributed by atoms with van der Waals surface area (Å²) in [5.74, 6) is 0.953. The Morgan fingerprint density at radius 3 is 2.14 bits per heavy atom. The first-order valence-electron chi connectivity index (χ1n) is 9.31. The second-order valence-corrected chi connectivity index (χ2v) is 8.43. The van der Waals surface area contributed by atoms with Crippen LogP contribution in [0.3, 0.4) is 0 Å². The van der Waals surface area contributed by atoms with Gasteiger partial charge in [-0.1, -0.05) is 33.6 Å². The van der Waals surface area contributed by atoms with E-state index in [-0.39, 0.29) is 5.60 Å². The maximum atomic E-state index is 6.72. The number of hydrogen-bond acceptors (Lipinski definition) is 2. The maximum absolute atomic E-state index is 6.72. The summed E-state index contributed by atoms with van der Waals surface area (Å²) in [4.78, 5) is 0. The molecular weight excluding hydrogens is 258 g/mol. The van der Waals surface area contributed by atoms with Crippen LogP contribution < -0.4 is 5.32 Å². The molecule has 0 heterocycles. The van der Waals surface area contributed by atoms with Gasteiger partial charge in [0, 0.05) is 6.54 Å². The fourth-order valence-electron chi connectivity index (χ4n) is 4.40. The molecule has 0 aliphatic heterocycles. The van der Waals surface area contributed by atoms with Crippen LogP contribution in [0.25, 0.3) is 0 Å². The topological polar surface area (TPSA) is 21.3 Å². The molecule has 0 unspecified atom stereocenters. The van der Waals surface area contributed by atoms with Crippen molar-refractivity contribution in [3.63, 3.8) is 0 Å². The lowest BCUT2D eigenvalue weighted by Gasteiger charge is -2.45. The number of likely N-dealkylation sites (N-methyl/N-ethyl adjacent to an activating group) is 1. The van der Waals surface area contributed by atoms with E-state index < -0.39 is 0 Å². The summed E-state index contributed by atoms with van der Waals surface area (Å²) < 4.78 is 6.72. The summed E-state index contributed by atoms with van der Waals surface area (Å²) in [6.07, 6.45) is 13.7. The number of hydrogen-bond donors (Lipinski definition) is 1. The maximum Gasteiger partial charge on any atom is 0.0810 e. The van der Waals surface area contributed by atoms with E-state index in [9.17, 15) is 0 Å². The van der Waals surface area contributed by atoms with E-state index in [1.54, 1.807) is 0 Å². The van der Waals surface area contributed by atoms with E-state index in [2.05, 4.69) is 33.1 Å². The Balaban J connectivity index is 1.87. The molecule has 0 radical (unpaired) electrons. The van der Waals surface area contributed by atoms with Gasteiger partial charge in [-0.15, -0.1) is 0 Å². The minimum absolute atomic E-state index is 0.130. The van der Waals surface area contributed by atoms with Gasteiger partial charge in [0.15, 0.2) is 0 Å². The average Bonchev–Trinajstić information content (AvgIpc) is 2.45. The van der Waals surface area contributed by atoms with Gasteiger partial charge in [-0.3, -0.25) is 0 Å². The summed E-state index contributed by atoms with van der Waals surface area (Å²) in [6.45, 7) is 8.16. The standard InChI is InChI=1S/C19H37NO/c1-5-6-16-7-13-19(14-8-16,15-20-4)21-17-9-11-18(2,3)12-10-17/h16-17,20H,5-15H2,1-4H3. The van der Waals surface area contributed by atoms with E-state index in [0.717, 1.165) is 12.5 Å². The Hall–Kier alpha value is -0.0800. The third-order valence-electron chi connectivity index (χ3n) is 5.92. The SMILES string of the molecule is CCCC1CCC(CNC)(OC2CCC(C)(C)CC2)CC1. The summed E-state index contributed by atoms with van der Waals surface area (Å²) in [5.41, 5.74) is 0.667. The van der Waals surface area contributed by atoms with Crippen LogP contribution in [0.1, 0.15) is 85.0 Å². The zero-order chi connectivity index (χ0) is 15.3. The van der Waals surface area contributed by atoms with Crippen LogP contribution in [0.15, 0.2) is 0 Å². The fourth-order valence-corrected chi connectivity index (χ4v) is 4.40. The van der Waals surface area contributed by atoms with Crippen molar-refractivity contribution in [2.75, 3.05) is 13.6 Å². The molecule has 0 amide bonds. The van der Waals surface area contributed by atoms with Crippen molar-refractivity contribution in [1.29, 1.82) is 0 Å². The Bertz CT molecular complexity index is 295. The quantitative estimate of drug-likeness (QED) is 0.751. The summed E-state index contributed by atoms with van der Waals surface area (Å²) in [6, 6.07) is 0. The van der Waals surface area contributed by atoms with Gasteiger partial charge in [-0.2, -0.15) is 0 Å². The number of rotatable bonds is 6. The highest BCUT2D eigenvalue weighted by Gasteiger charge is 2.39. The highest BCUT2D eigenvalue weighted by Crippen LogP contribution is 2.42. The Kier molecular flexibility index (Phi) is 6.14. The van der Waals surface area contributed by atoms with Gasteiger partial charge in [0.05, 0.1) is 11.7 Å². The Morgan fingerprint density at radius 1 is 1.00 bits per heavy atom. The lowest BCUT2D eigenvalue weighted by molar-refractivity contribution is -0.133. The Labute approximate surface area is 132 Å². The molecule has 2 saturated carbocycles. The zero-order valence-corrected chi connectivity index (χ0v) is 14.8. The zero-order valence-electron chi connectivity index (χ0n) is 14.8. The molecule has 2 rings (SSSR count). The third-order valence-corrected chi connectivity index (χ3v) is 5.92. The van der Waals surface area contributed by atoms with Crippen LogP contribution >= 0.6 is 0 Å². The molecule has 124 valence electrons. The molecule has 0 saturated heterocycles. The summed E-state index contributed by atoms with van der Waals surface area (Å²) >= 11 is 0. The molecule has 0 aromatic carbocycles. The molecule has 21 heavy (non-hydrogen) atoms. The van der Waals surface area contributed by atoms with Crippen molar-refractivity contribution < 1.29 is 4.74 Å². The minimum Gasteiger partial charge on any atom is -0.370 e. The monoisotopic (exact) mass is 295 g/mol. The Morgan fingerprint density at radius 2 is 1.62 bits per heavy atom. The molecule has 2 fully saturated rings. The van der Waals surface area contributed by atoms with Crippen molar-refractivity contribution in [2.45, 2.75) is 96.7 Å². The first-order valence-corrected chi connectivity index (χ1v) is 9.31. The third kappa shape index (κ3) is 4.96. The molecular formula is C19H37NO. The summed E-state index contributed by atoms with van der Waals surface area (Å²) in [7, 11) is 2.08. The lowest BCUT2D eigenvalue weighted by Crippen LogP contribution is -2.48. The van der Waals surface area contributed by atoms with E-state index in [4.69, 9.17) is 4.74 Å². The van der Waals surface area contributed by atoms with Gasteiger partial charge in [0.2, 0.25) is 0 Å². The predicted molar refractivity (Wildman–Crippen MR) is 90.6 cm³/mol. The average molecular weight is 296 g/mol. The van der Waals surface area contributed by atoms with Crippen LogP contribution in [-0.2, 0) is 4.74 Å². The number of ether oxygens (including phenoxy) is 1. The number of nitrogens with one attached hydrogen (secondary N) is 1. The second-order valence-electron chi connectivity index (χ2n) is 8.43. The summed E-state index contributed by atoms with van der Waals surface area (Å²) in [5, 5.41) is 3.41. The minimum atomic E-state index is 0.130. The van der Waals surface area contributed by atoms with Crippen molar-refractivity contribution in [1.82, 2.24) is 5.32 Å². The van der Waals surface area contributed by atoms with E-state index in [0.29, 0.717) is 11.5 Å². The van der Waals surface area contributed by atoms with Crippen LogP contribution in [0.5, 0.6) is 0 Å². The van der Waals surface area contributed by atoms with E-state index in [1.807, 2.05) is 0 Å². The van der Waals surface area contributed by atoms with Gasteiger partial charge in [0.25, 0.3) is 0 Å². The first kappa shape index (κ1) is 17.3. The lowest BCUT2D eigenvalue weighted by atomic mass is 9.74.